The van der Waals surface area contributed by atoms with E-state index < -0.39 is 10.8 Å². The number of nitrogens with one attached hydrogen (secondary N) is 1. The summed E-state index contributed by atoms with van der Waals surface area (Å²) in [5, 5.41) is 3.03. The van der Waals surface area contributed by atoms with Gasteiger partial charge in [-0.2, -0.15) is 0 Å². The number of benzene rings is 1. The summed E-state index contributed by atoms with van der Waals surface area (Å²) in [5.74, 6) is -0.0854. The third kappa shape index (κ3) is 4.84. The molecule has 0 spiro atoms. The van der Waals surface area contributed by atoms with Crippen molar-refractivity contribution >= 4 is 22.4 Å². The van der Waals surface area contributed by atoms with E-state index in [1.54, 1.807) is 18.2 Å². The highest BCUT2D eigenvalue weighted by Crippen LogP contribution is 2.18. The largest absolute Gasteiger partial charge is 0.399 e. The molecule has 21 heavy (non-hydrogen) atoms. The standard InChI is InChI=1S/C16H24N2O2S/c1-12-10-13(17)8-9-15(12)21(20)11-16(19)18-14-6-4-2-3-5-7-14/h8-10,14H,2-7,11,17H2,1H3,(H,18,19). The highest BCUT2D eigenvalue weighted by molar-refractivity contribution is 7.85. The van der Waals surface area contributed by atoms with Gasteiger partial charge in [-0.1, -0.05) is 25.7 Å². The number of amides is 1. The first kappa shape index (κ1) is 16.0. The number of hydrogen-bond acceptors (Lipinski definition) is 3. The molecule has 1 amide bonds. The summed E-state index contributed by atoms with van der Waals surface area (Å²) in [4.78, 5) is 12.8. The lowest BCUT2D eigenvalue weighted by Gasteiger charge is -2.16. The Morgan fingerprint density at radius 2 is 1.95 bits per heavy atom. The molecule has 1 aromatic rings. The second-order valence-electron chi connectivity index (χ2n) is 5.77. The third-order valence-electron chi connectivity index (χ3n) is 3.93. The van der Waals surface area contributed by atoms with Crippen LogP contribution in [0.1, 0.15) is 44.1 Å². The summed E-state index contributed by atoms with van der Waals surface area (Å²) in [6, 6.07) is 5.52. The van der Waals surface area contributed by atoms with Gasteiger partial charge < -0.3 is 11.1 Å². The molecule has 0 heterocycles. The Labute approximate surface area is 129 Å². The summed E-state index contributed by atoms with van der Waals surface area (Å²) >= 11 is 0. The van der Waals surface area contributed by atoms with Crippen LogP contribution in [0.15, 0.2) is 23.1 Å². The Morgan fingerprint density at radius 1 is 1.29 bits per heavy atom. The zero-order chi connectivity index (χ0) is 15.2. The number of carbonyl (C=O) groups excluding carboxylic acids is 1. The van der Waals surface area contributed by atoms with E-state index in [0.717, 1.165) is 18.4 Å². The SMILES string of the molecule is Cc1cc(N)ccc1S(=O)CC(=O)NC1CCCCCC1. The third-order valence-corrected chi connectivity index (χ3v) is 5.40. The van der Waals surface area contributed by atoms with Crippen LogP contribution in [-0.2, 0) is 15.6 Å². The lowest BCUT2D eigenvalue weighted by atomic mass is 10.1. The van der Waals surface area contributed by atoms with E-state index in [1.165, 1.54) is 25.7 Å². The summed E-state index contributed by atoms with van der Waals surface area (Å²) < 4.78 is 12.3. The molecule has 0 saturated heterocycles. The topological polar surface area (TPSA) is 72.2 Å². The zero-order valence-electron chi connectivity index (χ0n) is 12.6. The van der Waals surface area contributed by atoms with Gasteiger partial charge in [0.25, 0.3) is 0 Å². The predicted octanol–water partition coefficient (Wildman–Crippen LogP) is 2.52. The predicted molar refractivity (Wildman–Crippen MR) is 86.5 cm³/mol. The Balaban J connectivity index is 1.90. The highest BCUT2D eigenvalue weighted by Gasteiger charge is 2.17. The van der Waals surface area contributed by atoms with Crippen molar-refractivity contribution in [3.63, 3.8) is 0 Å². The number of anilines is 1. The first-order valence-corrected chi connectivity index (χ1v) is 8.92. The fourth-order valence-corrected chi connectivity index (χ4v) is 3.93. The van der Waals surface area contributed by atoms with E-state index in [-0.39, 0.29) is 17.7 Å². The second kappa shape index (κ2) is 7.59. The van der Waals surface area contributed by atoms with Crippen molar-refractivity contribution in [1.29, 1.82) is 0 Å². The second-order valence-corrected chi connectivity index (χ2v) is 7.19. The van der Waals surface area contributed by atoms with Gasteiger partial charge in [-0.15, -0.1) is 0 Å². The van der Waals surface area contributed by atoms with Crippen molar-refractivity contribution in [3.05, 3.63) is 23.8 Å². The summed E-state index contributed by atoms with van der Waals surface area (Å²) in [6.07, 6.45) is 6.93. The van der Waals surface area contributed by atoms with Gasteiger partial charge in [0.05, 0.1) is 10.8 Å². The van der Waals surface area contributed by atoms with Crippen LogP contribution in [0.2, 0.25) is 0 Å². The molecule has 2 rings (SSSR count). The molecule has 4 nitrogen and oxygen atoms in total. The molecule has 1 aliphatic carbocycles. The molecule has 0 radical (unpaired) electrons. The van der Waals surface area contributed by atoms with Crippen molar-refractivity contribution in [2.45, 2.75) is 56.4 Å². The molecule has 0 aromatic heterocycles. The van der Waals surface area contributed by atoms with Gasteiger partial charge in [-0.25, -0.2) is 0 Å². The van der Waals surface area contributed by atoms with Crippen LogP contribution in [-0.4, -0.2) is 21.9 Å². The van der Waals surface area contributed by atoms with Crippen LogP contribution in [0.3, 0.4) is 0 Å². The number of nitrogen functional groups attached to an aromatic ring is 1. The lowest BCUT2D eigenvalue weighted by Crippen LogP contribution is -2.37. The number of rotatable bonds is 4. The molecule has 1 aromatic carbocycles. The van der Waals surface area contributed by atoms with E-state index >= 15 is 0 Å². The van der Waals surface area contributed by atoms with Crippen LogP contribution in [0, 0.1) is 6.92 Å². The van der Waals surface area contributed by atoms with Crippen LogP contribution >= 0.6 is 0 Å². The molecule has 1 unspecified atom stereocenters. The highest BCUT2D eigenvalue weighted by atomic mass is 32.2. The molecule has 5 heteroatoms. The van der Waals surface area contributed by atoms with Gasteiger partial charge >= 0.3 is 0 Å². The van der Waals surface area contributed by atoms with Crippen molar-refractivity contribution in [1.82, 2.24) is 5.32 Å². The van der Waals surface area contributed by atoms with Crippen LogP contribution in [0.25, 0.3) is 0 Å². The molecule has 1 atom stereocenters. The van der Waals surface area contributed by atoms with Gasteiger partial charge in [0, 0.05) is 16.6 Å². The smallest absolute Gasteiger partial charge is 0.233 e. The van der Waals surface area contributed by atoms with Crippen molar-refractivity contribution in [3.8, 4) is 0 Å². The molecule has 1 saturated carbocycles. The normalized spacial score (nSPS) is 18.0. The average molecular weight is 308 g/mol. The lowest BCUT2D eigenvalue weighted by molar-refractivity contribution is -0.119. The molecule has 3 N–H and O–H groups in total. The number of aryl methyl sites for hydroxylation is 1. The van der Waals surface area contributed by atoms with Crippen molar-refractivity contribution < 1.29 is 9.00 Å². The molecule has 0 aliphatic heterocycles. The molecule has 0 bridgehead atoms. The van der Waals surface area contributed by atoms with Crippen LogP contribution in [0.5, 0.6) is 0 Å². The van der Waals surface area contributed by atoms with E-state index in [2.05, 4.69) is 5.32 Å². The maximum absolute atomic E-state index is 12.3. The van der Waals surface area contributed by atoms with Crippen molar-refractivity contribution in [2.75, 3.05) is 11.5 Å². The van der Waals surface area contributed by atoms with E-state index in [1.807, 2.05) is 6.92 Å². The fraction of sp³-hybridized carbons (Fsp3) is 0.562. The number of carbonyl (C=O) groups is 1. The van der Waals surface area contributed by atoms with Gasteiger partial charge in [0.15, 0.2) is 0 Å². The van der Waals surface area contributed by atoms with Crippen LogP contribution < -0.4 is 11.1 Å². The zero-order valence-corrected chi connectivity index (χ0v) is 13.4. The minimum atomic E-state index is -1.31. The summed E-state index contributed by atoms with van der Waals surface area (Å²) in [7, 11) is -1.31. The maximum atomic E-state index is 12.3. The van der Waals surface area contributed by atoms with E-state index in [9.17, 15) is 9.00 Å². The Kier molecular flexibility index (Phi) is 5.79. The van der Waals surface area contributed by atoms with Gasteiger partial charge in [-0.05, 0) is 43.5 Å². The van der Waals surface area contributed by atoms with E-state index in [0.29, 0.717) is 10.6 Å². The summed E-state index contributed by atoms with van der Waals surface area (Å²) in [5.41, 5.74) is 7.21. The van der Waals surface area contributed by atoms with Crippen LogP contribution in [0.4, 0.5) is 5.69 Å². The van der Waals surface area contributed by atoms with Gasteiger partial charge in [0.1, 0.15) is 5.75 Å². The minimum absolute atomic E-state index is 0.0290. The van der Waals surface area contributed by atoms with Gasteiger partial charge in [0.2, 0.25) is 5.91 Å². The first-order valence-electron chi connectivity index (χ1n) is 7.60. The van der Waals surface area contributed by atoms with Crippen molar-refractivity contribution in [2.24, 2.45) is 0 Å². The monoisotopic (exact) mass is 308 g/mol. The molecule has 116 valence electrons. The quantitative estimate of drug-likeness (QED) is 0.663. The Hall–Kier alpha value is -1.36. The molecule has 1 fully saturated rings. The Bertz CT molecular complexity index is 523. The molecule has 1 aliphatic rings. The number of hydrogen-bond donors (Lipinski definition) is 2. The molecular weight excluding hydrogens is 284 g/mol. The average Bonchev–Trinajstić information content (AvgIpc) is 2.66. The maximum Gasteiger partial charge on any atom is 0.233 e. The number of nitrogens with two attached hydrogens (primary N) is 1. The summed E-state index contributed by atoms with van der Waals surface area (Å²) in [6.45, 7) is 1.87. The first-order chi connectivity index (χ1) is 10.1. The minimum Gasteiger partial charge on any atom is -0.399 e. The van der Waals surface area contributed by atoms with E-state index in [4.69, 9.17) is 5.73 Å². The Morgan fingerprint density at radius 3 is 2.57 bits per heavy atom. The van der Waals surface area contributed by atoms with Gasteiger partial charge in [-0.3, -0.25) is 9.00 Å². The molecular formula is C16H24N2O2S. The fourth-order valence-electron chi connectivity index (χ4n) is 2.82.